The molecular formula is C37H31N2O2+. The maximum absolute atomic E-state index is 10.2. The molecular weight excluding hydrogens is 504 g/mol. The van der Waals surface area contributed by atoms with Crippen molar-refractivity contribution in [2.75, 3.05) is 0 Å². The minimum Gasteiger partial charge on any atom is -0.456 e. The van der Waals surface area contributed by atoms with Gasteiger partial charge in [-0.25, -0.2) is 4.57 Å². The Morgan fingerprint density at radius 1 is 0.805 bits per heavy atom. The highest BCUT2D eigenvalue weighted by molar-refractivity contribution is 6.15. The molecule has 0 aliphatic rings. The molecule has 0 N–H and O–H groups in total. The Balaban J connectivity index is 1.52. The maximum atomic E-state index is 10.2. The number of aryl methyl sites for hydroxylation is 2. The highest BCUT2D eigenvalue weighted by Crippen LogP contribution is 2.43. The lowest BCUT2D eigenvalue weighted by atomic mass is 9.87. The van der Waals surface area contributed by atoms with Gasteiger partial charge in [0, 0.05) is 42.0 Å². The third-order valence-corrected chi connectivity index (χ3v) is 7.73. The number of fused-ring (bicyclic) bond motifs is 6. The molecule has 0 spiro atoms. The van der Waals surface area contributed by atoms with Crippen molar-refractivity contribution in [3.8, 4) is 28.5 Å². The number of rotatable bonds is 3. The lowest BCUT2D eigenvalue weighted by Gasteiger charge is -2.18. The van der Waals surface area contributed by atoms with Crippen molar-refractivity contribution >= 4 is 43.9 Å². The van der Waals surface area contributed by atoms with E-state index in [-0.39, 0.29) is 0 Å². The van der Waals surface area contributed by atoms with Crippen molar-refractivity contribution in [1.29, 1.82) is 5.26 Å². The average molecular weight is 538 g/mol. The molecule has 3 aromatic heterocycles. The molecule has 200 valence electrons. The number of para-hydroxylation sites is 1. The smallest absolute Gasteiger partial charge is 0.216 e. The van der Waals surface area contributed by atoms with Crippen LogP contribution in [0.2, 0.25) is 0 Å². The van der Waals surface area contributed by atoms with Gasteiger partial charge in [0.1, 0.15) is 29.4 Å². The van der Waals surface area contributed by atoms with Crippen LogP contribution in [0.15, 0.2) is 93.9 Å². The summed E-state index contributed by atoms with van der Waals surface area (Å²) in [6.07, 6.45) is 0.370. The molecule has 0 atom stereocenters. The fourth-order valence-electron chi connectivity index (χ4n) is 5.91. The summed E-state index contributed by atoms with van der Waals surface area (Å²) in [4.78, 5) is 0. The third kappa shape index (κ3) is 4.08. The number of hydrogen-bond acceptors (Lipinski definition) is 3. The molecule has 0 bridgehead atoms. The highest BCUT2D eigenvalue weighted by atomic mass is 16.3. The number of pyridine rings is 1. The van der Waals surface area contributed by atoms with Crippen LogP contribution in [-0.2, 0) is 13.4 Å². The number of furan rings is 2. The molecule has 0 radical (unpaired) electrons. The van der Waals surface area contributed by atoms with Gasteiger partial charge in [-0.2, -0.15) is 5.26 Å². The lowest BCUT2D eigenvalue weighted by Crippen LogP contribution is -2.31. The first-order chi connectivity index (χ1) is 20.5. The molecule has 4 heteroatoms. The van der Waals surface area contributed by atoms with E-state index in [1.807, 2.05) is 106 Å². The van der Waals surface area contributed by atoms with Crippen LogP contribution in [0, 0.1) is 23.7 Å². The van der Waals surface area contributed by atoms with Crippen LogP contribution in [0.4, 0.5) is 0 Å². The molecule has 0 aliphatic carbocycles. The highest BCUT2D eigenvalue weighted by Gasteiger charge is 2.24. The standard InChI is InChI=1S/C37H31N2O2/c1-22-10-13-27-28-14-11-25(21-38)34(24-12-15-32-29(19-24)26-8-6-7-9-31(26)40-32)36(28)41-35(27)33(22)30-18-23(16-17-39(30)5)20-37(2,3)4/h6-19H,20H2,1-5H3/q+1/i20D2. The molecule has 4 aromatic carbocycles. The van der Waals surface area contributed by atoms with Gasteiger partial charge in [-0.3, -0.25) is 0 Å². The molecule has 3 heterocycles. The van der Waals surface area contributed by atoms with Crippen molar-refractivity contribution in [3.05, 3.63) is 102 Å². The van der Waals surface area contributed by atoms with Gasteiger partial charge in [0.2, 0.25) is 5.69 Å². The number of nitriles is 1. The second kappa shape index (κ2) is 9.08. The third-order valence-electron chi connectivity index (χ3n) is 7.73. The maximum Gasteiger partial charge on any atom is 0.216 e. The van der Waals surface area contributed by atoms with Crippen LogP contribution in [0.25, 0.3) is 66.3 Å². The molecule has 0 aliphatic heterocycles. The number of benzene rings is 4. The van der Waals surface area contributed by atoms with Crippen LogP contribution in [0.1, 0.15) is 40.2 Å². The molecule has 0 fully saturated rings. The summed E-state index contributed by atoms with van der Waals surface area (Å²) in [6, 6.07) is 28.1. The second-order valence-electron chi connectivity index (χ2n) is 11.8. The summed E-state index contributed by atoms with van der Waals surface area (Å²) < 4.78 is 32.7. The van der Waals surface area contributed by atoms with Crippen LogP contribution < -0.4 is 4.57 Å². The van der Waals surface area contributed by atoms with Gasteiger partial charge >= 0.3 is 0 Å². The minimum atomic E-state index is -1.55. The van der Waals surface area contributed by atoms with E-state index in [1.54, 1.807) is 0 Å². The fourth-order valence-corrected chi connectivity index (χ4v) is 5.91. The fraction of sp³-hybridized carbons (Fsp3) is 0.189. The van der Waals surface area contributed by atoms with Gasteiger partial charge < -0.3 is 8.83 Å². The summed E-state index contributed by atoms with van der Waals surface area (Å²) in [5, 5.41) is 14.1. The Hall–Kier alpha value is -4.88. The first kappa shape index (κ1) is 22.9. The Morgan fingerprint density at radius 2 is 1.54 bits per heavy atom. The summed E-state index contributed by atoms with van der Waals surface area (Å²) in [5.74, 6) is 0. The molecule has 0 saturated carbocycles. The van der Waals surface area contributed by atoms with Crippen LogP contribution >= 0.6 is 0 Å². The Kier molecular flexibility index (Phi) is 5.07. The number of aromatic nitrogens is 1. The van der Waals surface area contributed by atoms with Gasteiger partial charge in [-0.15, -0.1) is 0 Å². The van der Waals surface area contributed by atoms with Crippen molar-refractivity contribution in [1.82, 2.24) is 0 Å². The molecule has 0 amide bonds. The molecule has 7 rings (SSSR count). The van der Waals surface area contributed by atoms with Gasteiger partial charge in [0.15, 0.2) is 6.20 Å². The van der Waals surface area contributed by atoms with E-state index in [4.69, 9.17) is 11.6 Å². The topological polar surface area (TPSA) is 54.0 Å². The molecule has 0 saturated heterocycles. The van der Waals surface area contributed by atoms with E-state index in [2.05, 4.69) is 24.3 Å². The molecule has 4 nitrogen and oxygen atoms in total. The molecule has 0 unspecified atom stereocenters. The summed E-state index contributed by atoms with van der Waals surface area (Å²) in [6.45, 7) is 7.81. The largest absolute Gasteiger partial charge is 0.456 e. The van der Waals surface area contributed by atoms with Crippen LogP contribution in [0.3, 0.4) is 0 Å². The zero-order valence-electron chi connectivity index (χ0n) is 25.8. The van der Waals surface area contributed by atoms with Gasteiger partial charge in [-0.1, -0.05) is 57.2 Å². The molecule has 41 heavy (non-hydrogen) atoms. The Bertz CT molecular complexity index is 2290. The first-order valence-electron chi connectivity index (χ1n) is 14.8. The van der Waals surface area contributed by atoms with E-state index >= 15 is 0 Å². The van der Waals surface area contributed by atoms with E-state index in [9.17, 15) is 5.26 Å². The Morgan fingerprint density at radius 3 is 2.32 bits per heavy atom. The first-order valence-corrected chi connectivity index (χ1v) is 13.8. The van der Waals surface area contributed by atoms with Crippen LogP contribution in [-0.4, -0.2) is 0 Å². The number of nitrogens with zero attached hydrogens (tertiary/aromatic N) is 2. The second-order valence-corrected chi connectivity index (χ2v) is 11.8. The van der Waals surface area contributed by atoms with E-state index in [0.29, 0.717) is 22.3 Å². The van der Waals surface area contributed by atoms with Crippen LogP contribution in [0.5, 0.6) is 0 Å². The normalized spacial score (nSPS) is 13.2. The molecule has 7 aromatic rings. The van der Waals surface area contributed by atoms with Gasteiger partial charge in [0.05, 0.1) is 17.2 Å². The predicted molar refractivity (Wildman–Crippen MR) is 166 cm³/mol. The summed E-state index contributed by atoms with van der Waals surface area (Å²) in [5.41, 5.74) is 7.95. The SMILES string of the molecule is [2H]C([2H])(c1cc[n+](C)c(-c2c(C)ccc3c2oc2c(-c4ccc5oc6ccccc6c5c4)c(C#N)ccc23)c1)C(C)(C)C. The Labute approximate surface area is 241 Å². The monoisotopic (exact) mass is 537 g/mol. The average Bonchev–Trinajstić information content (AvgIpc) is 3.54. The number of hydrogen-bond donors (Lipinski definition) is 0. The van der Waals surface area contributed by atoms with E-state index in [1.165, 1.54) is 0 Å². The van der Waals surface area contributed by atoms with Gasteiger partial charge in [0.25, 0.3) is 0 Å². The van der Waals surface area contributed by atoms with Crippen molar-refractivity contribution in [3.63, 3.8) is 0 Å². The van der Waals surface area contributed by atoms with E-state index < -0.39 is 11.8 Å². The van der Waals surface area contributed by atoms with Crippen molar-refractivity contribution in [2.24, 2.45) is 12.5 Å². The van der Waals surface area contributed by atoms with Gasteiger partial charge in [-0.05, 0) is 65.7 Å². The predicted octanol–water partition coefficient (Wildman–Crippen LogP) is 9.41. The zero-order chi connectivity index (χ0) is 30.3. The van der Waals surface area contributed by atoms with Crippen molar-refractivity contribution in [2.45, 2.75) is 34.1 Å². The van der Waals surface area contributed by atoms with Crippen molar-refractivity contribution < 1.29 is 16.1 Å². The quantitative estimate of drug-likeness (QED) is 0.211. The minimum absolute atomic E-state index is 0.530. The summed E-state index contributed by atoms with van der Waals surface area (Å²) >= 11 is 0. The summed E-state index contributed by atoms with van der Waals surface area (Å²) in [7, 11) is 1.97. The van der Waals surface area contributed by atoms with E-state index in [0.717, 1.165) is 60.7 Å². The lowest BCUT2D eigenvalue weighted by molar-refractivity contribution is -0.660. The zero-order valence-corrected chi connectivity index (χ0v) is 23.8.